The van der Waals surface area contributed by atoms with Crippen LogP contribution in [0.3, 0.4) is 0 Å². The molecule has 98 valence electrons. The highest BCUT2D eigenvalue weighted by atomic mass is 79.9. The molecule has 0 fully saturated rings. The maximum Gasteiger partial charge on any atom is 0.237 e. The molecular formula is C15H14BrNOS. The minimum absolute atomic E-state index is 0.0131. The Hall–Kier alpha value is -1.26. The molecule has 0 spiro atoms. The zero-order valence-corrected chi connectivity index (χ0v) is 12.9. The van der Waals surface area contributed by atoms with Gasteiger partial charge in [0.1, 0.15) is 0 Å². The van der Waals surface area contributed by atoms with Gasteiger partial charge in [-0.25, -0.2) is 0 Å². The monoisotopic (exact) mass is 335 g/mol. The molecular weight excluding hydrogens is 322 g/mol. The number of anilines is 1. The topological polar surface area (TPSA) is 29.1 Å². The second-order valence-electron chi connectivity index (χ2n) is 4.07. The van der Waals surface area contributed by atoms with E-state index in [1.807, 2.05) is 61.5 Å². The molecule has 2 aromatic carbocycles. The summed E-state index contributed by atoms with van der Waals surface area (Å²) in [5.41, 5.74) is 0.829. The highest BCUT2D eigenvalue weighted by molar-refractivity contribution is 9.10. The zero-order chi connectivity index (χ0) is 13.7. The maximum atomic E-state index is 12.0. The van der Waals surface area contributed by atoms with Crippen LogP contribution in [-0.2, 0) is 4.79 Å². The van der Waals surface area contributed by atoms with Gasteiger partial charge in [-0.2, -0.15) is 0 Å². The van der Waals surface area contributed by atoms with Crippen LogP contribution in [-0.4, -0.2) is 11.2 Å². The summed E-state index contributed by atoms with van der Waals surface area (Å²) in [5, 5.41) is 2.77. The number of halogens is 1. The van der Waals surface area contributed by atoms with Crippen molar-refractivity contribution in [3.8, 4) is 0 Å². The van der Waals surface area contributed by atoms with Crippen LogP contribution in [0, 0.1) is 0 Å². The first-order valence-electron chi connectivity index (χ1n) is 5.93. The number of benzene rings is 2. The summed E-state index contributed by atoms with van der Waals surface area (Å²) in [6, 6.07) is 17.5. The SMILES string of the molecule is C[C@H](Sc1ccc(Br)cc1)C(=O)Nc1ccccc1. The lowest BCUT2D eigenvalue weighted by Gasteiger charge is -2.12. The Morgan fingerprint density at radius 2 is 1.74 bits per heavy atom. The first kappa shape index (κ1) is 14.2. The average Bonchev–Trinajstić information content (AvgIpc) is 2.42. The Labute approximate surface area is 125 Å². The molecule has 0 unspecified atom stereocenters. The third-order valence-electron chi connectivity index (χ3n) is 2.54. The van der Waals surface area contributed by atoms with E-state index in [9.17, 15) is 4.79 Å². The molecule has 0 aliphatic rings. The van der Waals surface area contributed by atoms with Gasteiger partial charge in [-0.3, -0.25) is 4.79 Å². The highest BCUT2D eigenvalue weighted by Gasteiger charge is 2.14. The smallest absolute Gasteiger partial charge is 0.237 e. The van der Waals surface area contributed by atoms with Gasteiger partial charge in [0, 0.05) is 15.1 Å². The van der Waals surface area contributed by atoms with Crippen molar-refractivity contribution in [2.45, 2.75) is 17.1 Å². The minimum Gasteiger partial charge on any atom is -0.325 e. The number of rotatable bonds is 4. The molecule has 19 heavy (non-hydrogen) atoms. The number of thioether (sulfide) groups is 1. The molecule has 2 nitrogen and oxygen atoms in total. The predicted molar refractivity (Wildman–Crippen MR) is 84.5 cm³/mol. The molecule has 0 aliphatic heterocycles. The van der Waals surface area contributed by atoms with Gasteiger partial charge < -0.3 is 5.32 Å². The van der Waals surface area contributed by atoms with Gasteiger partial charge in [0.15, 0.2) is 0 Å². The zero-order valence-electron chi connectivity index (χ0n) is 10.5. The van der Waals surface area contributed by atoms with Crippen molar-refractivity contribution in [3.05, 3.63) is 59.1 Å². The summed E-state index contributed by atoms with van der Waals surface area (Å²) in [4.78, 5) is 13.1. The molecule has 1 atom stereocenters. The molecule has 1 N–H and O–H groups in total. The number of nitrogens with one attached hydrogen (secondary N) is 1. The van der Waals surface area contributed by atoms with Crippen molar-refractivity contribution in [3.63, 3.8) is 0 Å². The fourth-order valence-electron chi connectivity index (χ4n) is 1.54. The standard InChI is InChI=1S/C15H14BrNOS/c1-11(19-14-9-7-12(16)8-10-14)15(18)17-13-5-3-2-4-6-13/h2-11H,1H3,(H,17,18)/t11-/m0/s1. The normalized spacial score (nSPS) is 11.9. The molecule has 0 aliphatic carbocycles. The molecule has 0 bridgehead atoms. The molecule has 0 saturated heterocycles. The second-order valence-corrected chi connectivity index (χ2v) is 6.40. The van der Waals surface area contributed by atoms with E-state index in [1.54, 1.807) is 11.8 Å². The Morgan fingerprint density at radius 1 is 1.11 bits per heavy atom. The van der Waals surface area contributed by atoms with E-state index < -0.39 is 0 Å². The lowest BCUT2D eigenvalue weighted by molar-refractivity contribution is -0.115. The van der Waals surface area contributed by atoms with Crippen LogP contribution in [0.15, 0.2) is 64.0 Å². The summed E-state index contributed by atoms with van der Waals surface area (Å²) < 4.78 is 1.04. The van der Waals surface area contributed by atoms with Gasteiger partial charge in [-0.1, -0.05) is 34.1 Å². The molecule has 2 rings (SSSR count). The number of carbonyl (C=O) groups is 1. The fraction of sp³-hybridized carbons (Fsp3) is 0.133. The number of hydrogen-bond donors (Lipinski definition) is 1. The summed E-state index contributed by atoms with van der Waals surface area (Å²) in [6.07, 6.45) is 0. The number of hydrogen-bond acceptors (Lipinski definition) is 2. The van der Waals surface area contributed by atoms with Crippen LogP contribution in [0.25, 0.3) is 0 Å². The largest absolute Gasteiger partial charge is 0.325 e. The molecule has 1 amide bonds. The molecule has 0 saturated carbocycles. The average molecular weight is 336 g/mol. The van der Waals surface area contributed by atoms with E-state index in [2.05, 4.69) is 21.2 Å². The van der Waals surface area contributed by atoms with Gasteiger partial charge in [0.05, 0.1) is 5.25 Å². The summed E-state index contributed by atoms with van der Waals surface area (Å²) >= 11 is 4.94. The van der Waals surface area contributed by atoms with E-state index in [-0.39, 0.29) is 11.2 Å². The lowest BCUT2D eigenvalue weighted by Crippen LogP contribution is -2.22. The van der Waals surface area contributed by atoms with Gasteiger partial charge in [-0.15, -0.1) is 11.8 Å². The Morgan fingerprint density at radius 3 is 2.37 bits per heavy atom. The van der Waals surface area contributed by atoms with Crippen molar-refractivity contribution in [1.29, 1.82) is 0 Å². The van der Waals surface area contributed by atoms with E-state index in [4.69, 9.17) is 0 Å². The summed E-state index contributed by atoms with van der Waals surface area (Å²) in [7, 11) is 0. The fourth-order valence-corrected chi connectivity index (χ4v) is 2.67. The predicted octanol–water partition coefficient (Wildman–Crippen LogP) is 4.57. The van der Waals surface area contributed by atoms with Crippen molar-refractivity contribution >= 4 is 39.3 Å². The van der Waals surface area contributed by atoms with Crippen LogP contribution in [0.5, 0.6) is 0 Å². The van der Waals surface area contributed by atoms with Crippen molar-refractivity contribution in [2.75, 3.05) is 5.32 Å². The minimum atomic E-state index is -0.138. The molecule has 0 radical (unpaired) electrons. The third-order valence-corrected chi connectivity index (χ3v) is 4.18. The van der Waals surface area contributed by atoms with E-state index in [1.165, 1.54) is 0 Å². The molecule has 0 heterocycles. The lowest BCUT2D eigenvalue weighted by atomic mass is 10.3. The number of amides is 1. The van der Waals surface area contributed by atoms with Gasteiger partial charge in [-0.05, 0) is 43.3 Å². The Bertz CT molecular complexity index is 542. The molecule has 4 heteroatoms. The van der Waals surface area contributed by atoms with E-state index in [0.717, 1.165) is 15.1 Å². The van der Waals surface area contributed by atoms with Crippen molar-refractivity contribution in [2.24, 2.45) is 0 Å². The van der Waals surface area contributed by atoms with Gasteiger partial charge in [0.25, 0.3) is 0 Å². The van der Waals surface area contributed by atoms with Gasteiger partial charge in [0.2, 0.25) is 5.91 Å². The van der Waals surface area contributed by atoms with Gasteiger partial charge >= 0.3 is 0 Å². The second kappa shape index (κ2) is 6.78. The van der Waals surface area contributed by atoms with Crippen LogP contribution >= 0.6 is 27.7 Å². The van der Waals surface area contributed by atoms with E-state index >= 15 is 0 Å². The van der Waals surface area contributed by atoms with Crippen molar-refractivity contribution in [1.82, 2.24) is 0 Å². The third kappa shape index (κ3) is 4.40. The molecule has 2 aromatic rings. The maximum absolute atomic E-state index is 12.0. The first-order valence-corrected chi connectivity index (χ1v) is 7.60. The number of para-hydroxylation sites is 1. The van der Waals surface area contributed by atoms with Crippen LogP contribution in [0.4, 0.5) is 5.69 Å². The van der Waals surface area contributed by atoms with Crippen LogP contribution in [0.2, 0.25) is 0 Å². The quantitative estimate of drug-likeness (QED) is 0.829. The highest BCUT2D eigenvalue weighted by Crippen LogP contribution is 2.25. The van der Waals surface area contributed by atoms with Crippen molar-refractivity contribution < 1.29 is 4.79 Å². The number of carbonyl (C=O) groups excluding carboxylic acids is 1. The van der Waals surface area contributed by atoms with Crippen LogP contribution in [0.1, 0.15) is 6.92 Å². The van der Waals surface area contributed by atoms with E-state index in [0.29, 0.717) is 0 Å². The van der Waals surface area contributed by atoms with Crippen LogP contribution < -0.4 is 5.32 Å². The summed E-state index contributed by atoms with van der Waals surface area (Å²) in [5.74, 6) is 0.0131. The summed E-state index contributed by atoms with van der Waals surface area (Å²) in [6.45, 7) is 1.91. The first-order chi connectivity index (χ1) is 9.15. The Balaban J connectivity index is 1.94. The molecule has 0 aromatic heterocycles. The Kier molecular flexibility index (Phi) is 5.05.